The number of hydrogen-bond donors (Lipinski definition) is 0. The van der Waals surface area contributed by atoms with Crippen molar-refractivity contribution >= 4 is 16.8 Å². The number of para-hydroxylation sites is 1. The standard InChI is InChI=1S/C19H24N2O2/c1-13-10-11-16-8-5-9-17(19(16)20-13)23-12-18(22)21-14(2)6-4-7-15(21)3/h5,8-11,14-15H,4,6-7,12H2,1-3H3. The highest BCUT2D eigenvalue weighted by Crippen LogP contribution is 2.25. The first kappa shape index (κ1) is 15.8. The summed E-state index contributed by atoms with van der Waals surface area (Å²) in [5, 5.41) is 1.03. The van der Waals surface area contributed by atoms with Crippen LogP contribution in [0.1, 0.15) is 38.8 Å². The van der Waals surface area contributed by atoms with Crippen molar-refractivity contribution in [3.63, 3.8) is 0 Å². The minimum atomic E-state index is 0.0642. The van der Waals surface area contributed by atoms with E-state index in [1.807, 2.05) is 42.2 Å². The van der Waals surface area contributed by atoms with E-state index in [1.54, 1.807) is 0 Å². The molecule has 4 heteroatoms. The molecule has 1 aliphatic heterocycles. The molecule has 2 atom stereocenters. The number of nitrogens with zero attached hydrogens (tertiary/aromatic N) is 2. The molecule has 0 saturated carbocycles. The molecule has 0 N–H and O–H groups in total. The van der Waals surface area contributed by atoms with E-state index in [1.165, 1.54) is 6.42 Å². The molecule has 0 radical (unpaired) electrons. The number of rotatable bonds is 3. The van der Waals surface area contributed by atoms with E-state index in [-0.39, 0.29) is 12.5 Å². The summed E-state index contributed by atoms with van der Waals surface area (Å²) < 4.78 is 5.83. The van der Waals surface area contributed by atoms with Gasteiger partial charge in [0.15, 0.2) is 6.61 Å². The summed E-state index contributed by atoms with van der Waals surface area (Å²) in [5.41, 5.74) is 1.76. The fourth-order valence-electron chi connectivity index (χ4n) is 3.46. The molecule has 4 nitrogen and oxygen atoms in total. The highest BCUT2D eigenvalue weighted by atomic mass is 16.5. The Morgan fingerprint density at radius 1 is 1.22 bits per heavy atom. The first-order valence-corrected chi connectivity index (χ1v) is 8.36. The summed E-state index contributed by atoms with van der Waals surface area (Å²) in [7, 11) is 0. The largest absolute Gasteiger partial charge is 0.481 e. The molecular weight excluding hydrogens is 288 g/mol. The van der Waals surface area contributed by atoms with Gasteiger partial charge in [0.25, 0.3) is 5.91 Å². The van der Waals surface area contributed by atoms with E-state index in [0.29, 0.717) is 17.8 Å². The summed E-state index contributed by atoms with van der Waals surface area (Å²) in [6.45, 7) is 6.27. The van der Waals surface area contributed by atoms with E-state index in [9.17, 15) is 4.79 Å². The number of aryl methyl sites for hydroxylation is 1. The molecule has 23 heavy (non-hydrogen) atoms. The predicted octanol–water partition coefficient (Wildman–Crippen LogP) is 3.71. The van der Waals surface area contributed by atoms with Gasteiger partial charge in [0, 0.05) is 23.2 Å². The summed E-state index contributed by atoms with van der Waals surface area (Å²) in [5.74, 6) is 0.742. The van der Waals surface area contributed by atoms with Crippen LogP contribution in [0.25, 0.3) is 10.9 Å². The zero-order valence-electron chi connectivity index (χ0n) is 14.1. The van der Waals surface area contributed by atoms with E-state index >= 15 is 0 Å². The maximum absolute atomic E-state index is 12.6. The number of likely N-dealkylation sites (tertiary alicyclic amines) is 1. The number of aromatic nitrogens is 1. The van der Waals surface area contributed by atoms with Crippen LogP contribution < -0.4 is 4.74 Å². The van der Waals surface area contributed by atoms with Gasteiger partial charge in [0.05, 0.1) is 0 Å². The summed E-state index contributed by atoms with van der Waals surface area (Å²) >= 11 is 0. The Bertz CT molecular complexity index is 704. The molecule has 2 unspecified atom stereocenters. The minimum absolute atomic E-state index is 0.0642. The topological polar surface area (TPSA) is 42.4 Å². The number of amides is 1. The molecule has 0 aliphatic carbocycles. The number of ether oxygens (including phenoxy) is 1. The second-order valence-corrected chi connectivity index (χ2v) is 6.50. The van der Waals surface area contributed by atoms with Crippen LogP contribution in [0.3, 0.4) is 0 Å². The normalized spacial score (nSPS) is 21.4. The van der Waals surface area contributed by atoms with Gasteiger partial charge in [0.1, 0.15) is 11.3 Å². The highest BCUT2D eigenvalue weighted by Gasteiger charge is 2.29. The molecule has 2 heterocycles. The Balaban J connectivity index is 1.75. The van der Waals surface area contributed by atoms with E-state index < -0.39 is 0 Å². The zero-order chi connectivity index (χ0) is 16.4. The SMILES string of the molecule is Cc1ccc2cccc(OCC(=O)N3C(C)CCCC3C)c2n1. The molecule has 1 fully saturated rings. The lowest BCUT2D eigenvalue weighted by Crippen LogP contribution is -2.49. The van der Waals surface area contributed by atoms with E-state index in [0.717, 1.165) is 29.4 Å². The van der Waals surface area contributed by atoms with Crippen LogP contribution in [0, 0.1) is 6.92 Å². The molecule has 0 spiro atoms. The van der Waals surface area contributed by atoms with E-state index in [4.69, 9.17) is 4.74 Å². The Morgan fingerprint density at radius 2 is 1.96 bits per heavy atom. The highest BCUT2D eigenvalue weighted by molar-refractivity contribution is 5.85. The van der Waals surface area contributed by atoms with Gasteiger partial charge in [-0.3, -0.25) is 4.79 Å². The van der Waals surface area contributed by atoms with Gasteiger partial charge < -0.3 is 9.64 Å². The van der Waals surface area contributed by atoms with Crippen LogP contribution in [-0.4, -0.2) is 34.5 Å². The predicted molar refractivity (Wildman–Crippen MR) is 91.6 cm³/mol. The number of fused-ring (bicyclic) bond motifs is 1. The van der Waals surface area contributed by atoms with Crippen LogP contribution in [0.5, 0.6) is 5.75 Å². The van der Waals surface area contributed by atoms with Crippen molar-refractivity contribution in [1.29, 1.82) is 0 Å². The lowest BCUT2D eigenvalue weighted by Gasteiger charge is -2.39. The molecule has 0 bridgehead atoms. The van der Waals surface area contributed by atoms with Crippen molar-refractivity contribution in [3.05, 3.63) is 36.0 Å². The lowest BCUT2D eigenvalue weighted by molar-refractivity contribution is -0.139. The minimum Gasteiger partial charge on any atom is -0.481 e. The number of carbonyl (C=O) groups excluding carboxylic acids is 1. The maximum Gasteiger partial charge on any atom is 0.260 e. The van der Waals surface area contributed by atoms with Crippen LogP contribution in [0.4, 0.5) is 0 Å². The first-order chi connectivity index (χ1) is 11.1. The molecule has 1 saturated heterocycles. The Kier molecular flexibility index (Phi) is 4.51. The molecule has 1 aromatic heterocycles. The van der Waals surface area contributed by atoms with E-state index in [2.05, 4.69) is 18.8 Å². The third-order valence-corrected chi connectivity index (χ3v) is 4.66. The molecule has 122 valence electrons. The summed E-state index contributed by atoms with van der Waals surface area (Å²) in [6.07, 6.45) is 3.34. The van der Waals surface area contributed by atoms with Crippen molar-refractivity contribution < 1.29 is 9.53 Å². The maximum atomic E-state index is 12.6. The second-order valence-electron chi connectivity index (χ2n) is 6.50. The van der Waals surface area contributed by atoms with Gasteiger partial charge in [0.2, 0.25) is 0 Å². The summed E-state index contributed by atoms with van der Waals surface area (Å²) in [6, 6.07) is 10.4. The molecule has 2 aromatic rings. The van der Waals surface area contributed by atoms with Crippen molar-refractivity contribution in [3.8, 4) is 5.75 Å². The fourth-order valence-corrected chi connectivity index (χ4v) is 3.46. The molecule has 3 rings (SSSR count). The Morgan fingerprint density at radius 3 is 2.70 bits per heavy atom. The number of hydrogen-bond acceptors (Lipinski definition) is 3. The Hall–Kier alpha value is -2.10. The fraction of sp³-hybridized carbons (Fsp3) is 0.474. The van der Waals surface area contributed by atoms with Gasteiger partial charge in [-0.1, -0.05) is 18.2 Å². The third kappa shape index (κ3) is 3.31. The van der Waals surface area contributed by atoms with Crippen molar-refractivity contribution in [2.24, 2.45) is 0 Å². The van der Waals surface area contributed by atoms with Gasteiger partial charge in [-0.25, -0.2) is 4.98 Å². The molecular formula is C19H24N2O2. The number of carbonyl (C=O) groups is 1. The number of piperidine rings is 1. The van der Waals surface area contributed by atoms with Crippen LogP contribution in [0.15, 0.2) is 30.3 Å². The number of benzene rings is 1. The molecule has 1 amide bonds. The van der Waals surface area contributed by atoms with Gasteiger partial charge in [-0.15, -0.1) is 0 Å². The monoisotopic (exact) mass is 312 g/mol. The van der Waals surface area contributed by atoms with Gasteiger partial charge >= 0.3 is 0 Å². The molecule has 1 aliphatic rings. The first-order valence-electron chi connectivity index (χ1n) is 8.36. The zero-order valence-corrected chi connectivity index (χ0v) is 14.1. The van der Waals surface area contributed by atoms with Crippen molar-refractivity contribution in [2.45, 2.75) is 52.1 Å². The van der Waals surface area contributed by atoms with Gasteiger partial charge in [-0.05, 0) is 52.2 Å². The van der Waals surface area contributed by atoms with Crippen LogP contribution >= 0.6 is 0 Å². The van der Waals surface area contributed by atoms with Crippen LogP contribution in [0.2, 0.25) is 0 Å². The average molecular weight is 312 g/mol. The number of pyridine rings is 1. The third-order valence-electron chi connectivity index (χ3n) is 4.66. The van der Waals surface area contributed by atoms with Crippen molar-refractivity contribution in [1.82, 2.24) is 9.88 Å². The Labute approximate surface area is 137 Å². The van der Waals surface area contributed by atoms with Crippen molar-refractivity contribution in [2.75, 3.05) is 6.61 Å². The van der Waals surface area contributed by atoms with Crippen LogP contribution in [-0.2, 0) is 4.79 Å². The smallest absolute Gasteiger partial charge is 0.260 e. The quantitative estimate of drug-likeness (QED) is 0.867. The van der Waals surface area contributed by atoms with Gasteiger partial charge in [-0.2, -0.15) is 0 Å². The lowest BCUT2D eigenvalue weighted by atomic mass is 9.97. The molecule has 1 aromatic carbocycles. The average Bonchev–Trinajstić information content (AvgIpc) is 2.52. The summed E-state index contributed by atoms with van der Waals surface area (Å²) in [4.78, 5) is 19.1. The second kappa shape index (κ2) is 6.57.